The average molecular weight is 857 g/mol. The van der Waals surface area contributed by atoms with Crippen LogP contribution in [-0.2, 0) is 0 Å². The molecule has 3 heterocycles. The van der Waals surface area contributed by atoms with Crippen LogP contribution in [0, 0.1) is 0 Å². The normalized spacial score (nSPS) is 11.9. The van der Waals surface area contributed by atoms with Gasteiger partial charge in [-0.3, -0.25) is 4.57 Å². The number of hydrogen-bond acceptors (Lipinski definition) is 4. The molecule has 0 spiro atoms. The predicted molar refractivity (Wildman–Crippen MR) is 279 cm³/mol. The Hall–Kier alpha value is -8.51. The molecular weight excluding hydrogens is 821 g/mol. The fraction of sp³-hybridized carbons (Fsp3) is 0. The molecule has 306 valence electrons. The Morgan fingerprint density at radius 1 is 0.303 bits per heavy atom. The largest absolute Gasteiger partial charge is 0.277 e. The van der Waals surface area contributed by atoms with Gasteiger partial charge in [-0.05, 0) is 78.7 Å². The SMILES string of the molecule is c1ccc(-c2ccc(-c3nc(-c4ccc5ccccc5c4)nc(-n4c5c(-c6ccc7sc8ccc9ccccc9c8c7c6)cccc5c5c6ccccc6c6ccccc6c54)n3)cc2)cc1. The van der Waals surface area contributed by atoms with Crippen molar-refractivity contribution in [2.45, 2.75) is 0 Å². The number of benzene rings is 11. The van der Waals surface area contributed by atoms with Crippen LogP contribution in [0.15, 0.2) is 218 Å². The molecule has 0 aliphatic heterocycles. The van der Waals surface area contributed by atoms with E-state index in [1.54, 1.807) is 0 Å². The van der Waals surface area contributed by atoms with Gasteiger partial charge in [0.2, 0.25) is 5.95 Å². The summed E-state index contributed by atoms with van der Waals surface area (Å²) in [7, 11) is 0. The van der Waals surface area contributed by atoms with Gasteiger partial charge in [-0.1, -0.05) is 194 Å². The molecule has 4 nitrogen and oxygen atoms in total. The summed E-state index contributed by atoms with van der Waals surface area (Å²) in [6.45, 7) is 0. The van der Waals surface area contributed by atoms with Crippen LogP contribution in [0.4, 0.5) is 0 Å². The summed E-state index contributed by atoms with van der Waals surface area (Å²) < 4.78 is 4.91. The molecule has 0 bridgehead atoms. The van der Waals surface area contributed by atoms with E-state index in [9.17, 15) is 0 Å². The Balaban J connectivity index is 1.10. The van der Waals surface area contributed by atoms with Crippen molar-refractivity contribution in [3.8, 4) is 51.0 Å². The molecule has 0 aliphatic rings. The van der Waals surface area contributed by atoms with Gasteiger partial charge in [0.15, 0.2) is 11.6 Å². The third-order valence-electron chi connectivity index (χ3n) is 13.4. The highest BCUT2D eigenvalue weighted by atomic mass is 32.1. The zero-order valence-corrected chi connectivity index (χ0v) is 36.3. The molecule has 0 radical (unpaired) electrons. The zero-order chi connectivity index (χ0) is 43.3. The van der Waals surface area contributed by atoms with Gasteiger partial charge in [-0.25, -0.2) is 4.98 Å². The number of thiophene rings is 1. The van der Waals surface area contributed by atoms with Gasteiger partial charge in [0, 0.05) is 53.0 Å². The van der Waals surface area contributed by atoms with Crippen molar-refractivity contribution in [1.82, 2.24) is 19.5 Å². The van der Waals surface area contributed by atoms with E-state index >= 15 is 0 Å². The first-order chi connectivity index (χ1) is 32.7. The Morgan fingerprint density at radius 3 is 1.70 bits per heavy atom. The van der Waals surface area contributed by atoms with Crippen molar-refractivity contribution in [2.24, 2.45) is 0 Å². The number of rotatable bonds is 5. The minimum Gasteiger partial charge on any atom is -0.277 e. The Morgan fingerprint density at radius 2 is 0.879 bits per heavy atom. The first-order valence-electron chi connectivity index (χ1n) is 22.3. The van der Waals surface area contributed by atoms with Gasteiger partial charge in [-0.2, -0.15) is 9.97 Å². The Bertz CT molecular complexity index is 4280. The Kier molecular flexibility index (Phi) is 8.12. The molecule has 14 rings (SSSR count). The second kappa shape index (κ2) is 14.5. The topological polar surface area (TPSA) is 43.6 Å². The summed E-state index contributed by atoms with van der Waals surface area (Å²) in [4.78, 5) is 16.3. The van der Waals surface area contributed by atoms with E-state index in [1.165, 1.54) is 57.9 Å². The monoisotopic (exact) mass is 856 g/mol. The summed E-state index contributed by atoms with van der Waals surface area (Å²) >= 11 is 1.86. The molecule has 0 atom stereocenters. The van der Waals surface area contributed by atoms with E-state index < -0.39 is 0 Å². The number of para-hydroxylation sites is 1. The summed E-state index contributed by atoms with van der Waals surface area (Å²) in [6, 6.07) is 78.6. The van der Waals surface area contributed by atoms with Crippen LogP contribution in [0.5, 0.6) is 0 Å². The first kappa shape index (κ1) is 36.9. The van der Waals surface area contributed by atoms with Crippen molar-refractivity contribution in [3.63, 3.8) is 0 Å². The maximum Gasteiger partial charge on any atom is 0.238 e. The van der Waals surface area contributed by atoms with Crippen molar-refractivity contribution in [2.75, 3.05) is 0 Å². The molecule has 11 aromatic carbocycles. The number of aromatic nitrogens is 4. The maximum atomic E-state index is 5.52. The van der Waals surface area contributed by atoms with Crippen LogP contribution in [-0.4, -0.2) is 19.5 Å². The highest BCUT2D eigenvalue weighted by molar-refractivity contribution is 7.26. The molecular formula is C61H36N4S. The predicted octanol–water partition coefficient (Wildman–Crippen LogP) is 16.6. The molecule has 0 N–H and O–H groups in total. The lowest BCUT2D eigenvalue weighted by Gasteiger charge is -2.15. The number of nitrogens with zero attached hydrogens (tertiary/aromatic N) is 4. The van der Waals surface area contributed by atoms with Gasteiger partial charge in [-0.15, -0.1) is 11.3 Å². The Labute approximate surface area is 383 Å². The summed E-state index contributed by atoms with van der Waals surface area (Å²) in [5, 5.41) is 14.5. The quantitative estimate of drug-likeness (QED) is 0.162. The van der Waals surface area contributed by atoms with E-state index in [-0.39, 0.29) is 0 Å². The summed E-state index contributed by atoms with van der Waals surface area (Å²) in [6.07, 6.45) is 0. The van der Waals surface area contributed by atoms with E-state index in [1.807, 2.05) is 11.3 Å². The van der Waals surface area contributed by atoms with Gasteiger partial charge >= 0.3 is 0 Å². The second-order valence-corrected chi connectivity index (χ2v) is 18.2. The molecule has 0 saturated heterocycles. The molecule has 0 fully saturated rings. The molecule has 0 amide bonds. The van der Waals surface area contributed by atoms with Crippen LogP contribution in [0.1, 0.15) is 0 Å². The molecule has 0 aliphatic carbocycles. The highest BCUT2D eigenvalue weighted by Gasteiger charge is 2.25. The molecule has 3 aromatic heterocycles. The fourth-order valence-corrected chi connectivity index (χ4v) is 11.5. The minimum absolute atomic E-state index is 0.566. The molecule has 14 aromatic rings. The lowest BCUT2D eigenvalue weighted by atomic mass is 9.95. The van der Waals surface area contributed by atoms with Crippen LogP contribution < -0.4 is 0 Å². The third kappa shape index (κ3) is 5.67. The van der Waals surface area contributed by atoms with E-state index in [2.05, 4.69) is 223 Å². The van der Waals surface area contributed by atoms with Gasteiger partial charge in [0.05, 0.1) is 11.0 Å². The molecule has 0 unspecified atom stereocenters. The summed E-state index contributed by atoms with van der Waals surface area (Å²) in [5.74, 6) is 1.79. The van der Waals surface area contributed by atoms with Crippen LogP contribution in [0.2, 0.25) is 0 Å². The average Bonchev–Trinajstić information content (AvgIpc) is 3.96. The number of hydrogen-bond donors (Lipinski definition) is 0. The maximum absolute atomic E-state index is 5.52. The highest BCUT2D eigenvalue weighted by Crippen LogP contribution is 2.46. The fourth-order valence-electron chi connectivity index (χ4n) is 10.4. The van der Waals surface area contributed by atoms with Crippen molar-refractivity contribution in [1.29, 1.82) is 0 Å². The molecule has 5 heteroatoms. The zero-order valence-electron chi connectivity index (χ0n) is 35.5. The van der Waals surface area contributed by atoms with Crippen LogP contribution in [0.25, 0.3) is 136 Å². The van der Waals surface area contributed by atoms with Crippen molar-refractivity contribution in [3.05, 3.63) is 218 Å². The van der Waals surface area contributed by atoms with E-state index in [4.69, 9.17) is 15.0 Å². The second-order valence-electron chi connectivity index (χ2n) is 17.1. The van der Waals surface area contributed by atoms with Gasteiger partial charge in [0.1, 0.15) is 0 Å². The standard InChI is InChI=1S/C61H36N4S/c1-2-13-37(14-3-1)39-25-28-41(29-26-39)59-62-60(44-30-27-38-15-4-5-17-42(38)35-44)64-61(63-59)65-57-46(43-32-33-53-52(36-43)55-45-18-7-6-16-40(45)31-34-54(55)66-53)23-12-24-51(57)56-49-21-10-8-19-47(49)48-20-9-11-22-50(48)58(56)65/h1-36H. The van der Waals surface area contributed by atoms with Crippen LogP contribution in [0.3, 0.4) is 0 Å². The lowest BCUT2D eigenvalue weighted by Crippen LogP contribution is -2.07. The first-order valence-corrected chi connectivity index (χ1v) is 23.2. The minimum atomic E-state index is 0.566. The van der Waals surface area contributed by atoms with E-state index in [0.717, 1.165) is 60.6 Å². The van der Waals surface area contributed by atoms with Crippen LogP contribution >= 0.6 is 11.3 Å². The lowest BCUT2D eigenvalue weighted by molar-refractivity contribution is 0.956. The van der Waals surface area contributed by atoms with Crippen molar-refractivity contribution < 1.29 is 0 Å². The number of fused-ring (bicyclic) bond motifs is 14. The van der Waals surface area contributed by atoms with Gasteiger partial charge < -0.3 is 0 Å². The van der Waals surface area contributed by atoms with E-state index in [0.29, 0.717) is 17.6 Å². The molecule has 66 heavy (non-hydrogen) atoms. The third-order valence-corrected chi connectivity index (χ3v) is 14.5. The van der Waals surface area contributed by atoms with Gasteiger partial charge in [0.25, 0.3) is 0 Å². The summed E-state index contributed by atoms with van der Waals surface area (Å²) in [5.41, 5.74) is 8.52. The van der Waals surface area contributed by atoms with Crippen molar-refractivity contribution >= 4 is 96.4 Å². The molecule has 0 saturated carbocycles. The smallest absolute Gasteiger partial charge is 0.238 e.